The first kappa shape index (κ1) is 25.3. The Bertz CT molecular complexity index is 1540. The molecule has 0 bridgehead atoms. The van der Waals surface area contributed by atoms with Crippen LogP contribution in [0.5, 0.6) is 5.75 Å². The van der Waals surface area contributed by atoms with Crippen LogP contribution in [-0.4, -0.2) is 22.1 Å². The molecule has 1 unspecified atom stereocenters. The van der Waals surface area contributed by atoms with Gasteiger partial charge in [-0.25, -0.2) is 4.98 Å². The van der Waals surface area contributed by atoms with Crippen LogP contribution in [0.25, 0.3) is 22.2 Å². The predicted molar refractivity (Wildman–Crippen MR) is 153 cm³/mol. The van der Waals surface area contributed by atoms with Crippen LogP contribution >= 0.6 is 0 Å². The zero-order valence-corrected chi connectivity index (χ0v) is 22.1. The number of para-hydroxylation sites is 2. The van der Waals surface area contributed by atoms with Crippen molar-refractivity contribution in [1.29, 1.82) is 0 Å². The molecule has 5 heteroatoms. The number of ether oxygens (including phenoxy) is 1. The van der Waals surface area contributed by atoms with E-state index in [1.54, 1.807) is 0 Å². The van der Waals surface area contributed by atoms with Crippen LogP contribution < -0.4 is 10.1 Å². The molecule has 0 saturated carbocycles. The number of hydrogen-bond acceptors (Lipinski definition) is 3. The molecule has 0 radical (unpaired) electrons. The summed E-state index contributed by atoms with van der Waals surface area (Å²) in [5.74, 6) is 1.68. The Morgan fingerprint density at radius 1 is 0.895 bits per heavy atom. The molecule has 0 aliphatic carbocycles. The molecule has 1 atom stereocenters. The average molecular weight is 504 g/mol. The highest BCUT2D eigenvalue weighted by Crippen LogP contribution is 2.23. The second kappa shape index (κ2) is 11.3. The van der Waals surface area contributed by atoms with Crippen LogP contribution in [-0.2, 0) is 17.8 Å². The summed E-state index contributed by atoms with van der Waals surface area (Å²) in [5.41, 5.74) is 7.56. The van der Waals surface area contributed by atoms with Crippen LogP contribution in [0.2, 0.25) is 0 Å². The zero-order chi connectivity index (χ0) is 26.5. The molecule has 192 valence electrons. The average Bonchev–Trinajstić information content (AvgIpc) is 3.29. The van der Waals surface area contributed by atoms with E-state index in [2.05, 4.69) is 66.2 Å². The van der Waals surface area contributed by atoms with E-state index in [1.165, 1.54) is 5.56 Å². The fraction of sp³-hybridized carbons (Fsp3) is 0.212. The van der Waals surface area contributed by atoms with Crippen LogP contribution in [0.1, 0.15) is 35.5 Å². The number of hydrogen-bond donors (Lipinski definition) is 1. The lowest BCUT2D eigenvalue weighted by Gasteiger charge is -2.17. The van der Waals surface area contributed by atoms with Gasteiger partial charge in [-0.1, -0.05) is 84.4 Å². The molecule has 5 aromatic rings. The largest absolute Gasteiger partial charge is 0.491 e. The van der Waals surface area contributed by atoms with Gasteiger partial charge >= 0.3 is 0 Å². The molecule has 0 spiro atoms. The lowest BCUT2D eigenvalue weighted by molar-refractivity contribution is -0.121. The van der Waals surface area contributed by atoms with E-state index < -0.39 is 0 Å². The van der Waals surface area contributed by atoms with Crippen molar-refractivity contribution in [3.8, 4) is 16.9 Å². The van der Waals surface area contributed by atoms with E-state index in [-0.39, 0.29) is 11.9 Å². The summed E-state index contributed by atoms with van der Waals surface area (Å²) in [6.07, 6.45) is 0.315. The predicted octanol–water partition coefficient (Wildman–Crippen LogP) is 6.82. The van der Waals surface area contributed by atoms with Crippen molar-refractivity contribution in [2.24, 2.45) is 0 Å². The molecule has 0 fully saturated rings. The minimum absolute atomic E-state index is 0.0323. The van der Waals surface area contributed by atoms with E-state index >= 15 is 0 Å². The van der Waals surface area contributed by atoms with E-state index in [4.69, 9.17) is 9.72 Å². The summed E-state index contributed by atoms with van der Waals surface area (Å²) < 4.78 is 8.27. The van der Waals surface area contributed by atoms with Crippen molar-refractivity contribution < 1.29 is 9.53 Å². The molecule has 4 aromatic carbocycles. The topological polar surface area (TPSA) is 56.1 Å². The van der Waals surface area contributed by atoms with Crippen molar-refractivity contribution in [3.05, 3.63) is 120 Å². The number of benzene rings is 4. The third kappa shape index (κ3) is 5.78. The fourth-order valence-corrected chi connectivity index (χ4v) is 4.86. The number of carbonyl (C=O) groups excluding carboxylic acids is 1. The third-order valence-electron chi connectivity index (χ3n) is 6.78. The summed E-state index contributed by atoms with van der Waals surface area (Å²) in [6.45, 7) is 7.26. The maximum atomic E-state index is 13.0. The van der Waals surface area contributed by atoms with E-state index in [1.807, 2.05) is 61.5 Å². The number of imidazole rings is 1. The van der Waals surface area contributed by atoms with E-state index in [9.17, 15) is 4.79 Å². The maximum absolute atomic E-state index is 13.0. The standard InChI is InChI=1S/C33H33N3O2/c1-23-13-18-31(24(2)21-23)38-20-19-36-30-12-8-7-11-29(30)35-33(36)25(3)34-32(37)22-26-14-16-28(17-15-26)27-9-5-4-6-10-27/h4-18,21,25H,19-20,22H2,1-3H3,(H,34,37). The Balaban J connectivity index is 1.26. The number of carbonyl (C=O) groups is 1. The van der Waals surface area contributed by atoms with E-state index in [0.717, 1.165) is 44.9 Å². The summed E-state index contributed by atoms with van der Waals surface area (Å²) >= 11 is 0. The first-order chi connectivity index (χ1) is 18.5. The minimum atomic E-state index is -0.250. The molecule has 0 aliphatic rings. The first-order valence-electron chi connectivity index (χ1n) is 13.1. The smallest absolute Gasteiger partial charge is 0.224 e. The number of rotatable bonds is 9. The maximum Gasteiger partial charge on any atom is 0.224 e. The number of amides is 1. The lowest BCUT2D eigenvalue weighted by atomic mass is 10.0. The Labute approximate surface area is 224 Å². The van der Waals surface area contributed by atoms with Crippen LogP contribution in [0.15, 0.2) is 97.1 Å². The first-order valence-corrected chi connectivity index (χ1v) is 13.1. The molecule has 5 nitrogen and oxygen atoms in total. The SMILES string of the molecule is Cc1ccc(OCCn2c(C(C)NC(=O)Cc3ccc(-c4ccccc4)cc3)nc3ccccc32)c(C)c1. The van der Waals surface area contributed by atoms with E-state index in [0.29, 0.717) is 19.6 Å². The Hall–Kier alpha value is -4.38. The van der Waals surface area contributed by atoms with Crippen molar-refractivity contribution in [3.63, 3.8) is 0 Å². The molecule has 5 rings (SSSR count). The van der Waals surface area contributed by atoms with Crippen molar-refractivity contribution in [1.82, 2.24) is 14.9 Å². The van der Waals surface area contributed by atoms with Crippen LogP contribution in [0, 0.1) is 13.8 Å². The minimum Gasteiger partial charge on any atom is -0.491 e. The van der Waals surface area contributed by atoms with Gasteiger partial charge in [0.15, 0.2) is 0 Å². The summed E-state index contributed by atoms with van der Waals surface area (Å²) in [6, 6.07) is 32.4. The van der Waals surface area contributed by atoms with Crippen LogP contribution in [0.4, 0.5) is 0 Å². The van der Waals surface area contributed by atoms with Gasteiger partial charge in [0.1, 0.15) is 18.2 Å². The Morgan fingerprint density at radius 3 is 2.37 bits per heavy atom. The van der Waals surface area contributed by atoms with Gasteiger partial charge in [0.05, 0.1) is 30.0 Å². The monoisotopic (exact) mass is 503 g/mol. The molecule has 1 heterocycles. The van der Waals surface area contributed by atoms with Gasteiger partial charge in [0.2, 0.25) is 5.91 Å². The molecule has 0 saturated heterocycles. The highest BCUT2D eigenvalue weighted by atomic mass is 16.5. The number of aryl methyl sites for hydroxylation is 2. The summed E-state index contributed by atoms with van der Waals surface area (Å²) in [7, 11) is 0. The Kier molecular flexibility index (Phi) is 7.55. The highest BCUT2D eigenvalue weighted by Gasteiger charge is 2.19. The van der Waals surface area contributed by atoms with Gasteiger partial charge in [-0.2, -0.15) is 0 Å². The van der Waals surface area contributed by atoms with Gasteiger partial charge < -0.3 is 14.6 Å². The second-order valence-electron chi connectivity index (χ2n) is 9.76. The number of fused-ring (bicyclic) bond motifs is 1. The van der Waals surface area contributed by atoms with Crippen molar-refractivity contribution >= 4 is 16.9 Å². The van der Waals surface area contributed by atoms with Crippen molar-refractivity contribution in [2.75, 3.05) is 6.61 Å². The number of nitrogens with zero attached hydrogens (tertiary/aromatic N) is 2. The van der Waals surface area contributed by atoms with Crippen molar-refractivity contribution in [2.45, 2.75) is 39.8 Å². The number of nitrogens with one attached hydrogen (secondary N) is 1. The molecule has 1 amide bonds. The van der Waals surface area contributed by atoms with Gasteiger partial charge in [-0.3, -0.25) is 4.79 Å². The van der Waals surface area contributed by atoms with Gasteiger partial charge in [-0.15, -0.1) is 0 Å². The normalized spacial score (nSPS) is 11.9. The fourth-order valence-electron chi connectivity index (χ4n) is 4.86. The van der Waals surface area contributed by atoms with Gasteiger partial charge in [0.25, 0.3) is 0 Å². The molecule has 38 heavy (non-hydrogen) atoms. The highest BCUT2D eigenvalue weighted by molar-refractivity contribution is 5.80. The molecule has 1 N–H and O–H groups in total. The molecule has 0 aliphatic heterocycles. The lowest BCUT2D eigenvalue weighted by Crippen LogP contribution is -2.30. The third-order valence-corrected chi connectivity index (χ3v) is 6.78. The number of aromatic nitrogens is 2. The zero-order valence-electron chi connectivity index (χ0n) is 22.1. The van der Waals surface area contributed by atoms with Gasteiger partial charge in [0, 0.05) is 0 Å². The summed E-state index contributed by atoms with van der Waals surface area (Å²) in [4.78, 5) is 17.8. The second-order valence-corrected chi connectivity index (χ2v) is 9.76. The van der Waals surface area contributed by atoms with Crippen LogP contribution in [0.3, 0.4) is 0 Å². The quantitative estimate of drug-likeness (QED) is 0.240. The Morgan fingerprint density at radius 2 is 1.61 bits per heavy atom. The molecular weight excluding hydrogens is 470 g/mol. The molecular formula is C33H33N3O2. The van der Waals surface area contributed by atoms with Gasteiger partial charge in [-0.05, 0) is 61.2 Å². The summed E-state index contributed by atoms with van der Waals surface area (Å²) in [5, 5.41) is 3.15. The molecule has 1 aromatic heterocycles.